The van der Waals surface area contributed by atoms with Crippen molar-refractivity contribution < 1.29 is 9.18 Å². The summed E-state index contributed by atoms with van der Waals surface area (Å²) >= 11 is 1.69. The zero-order chi connectivity index (χ0) is 14.1. The number of thiophene rings is 1. The quantitative estimate of drug-likeness (QED) is 0.767. The molecule has 20 heavy (non-hydrogen) atoms. The molecule has 2 nitrogen and oxygen atoms in total. The highest BCUT2D eigenvalue weighted by Crippen LogP contribution is 2.36. The van der Waals surface area contributed by atoms with Crippen molar-refractivity contribution in [3.63, 3.8) is 0 Å². The summed E-state index contributed by atoms with van der Waals surface area (Å²) in [4.78, 5) is 15.2. The van der Waals surface area contributed by atoms with E-state index in [2.05, 4.69) is 11.0 Å². The molecule has 0 N–H and O–H groups in total. The molecular formula is C16H16FNOS. The minimum absolute atomic E-state index is 0.213. The second kappa shape index (κ2) is 5.37. The highest BCUT2D eigenvalue weighted by Gasteiger charge is 2.32. The Morgan fingerprint density at radius 2 is 2.15 bits per heavy atom. The van der Waals surface area contributed by atoms with Crippen LogP contribution in [-0.2, 0) is 6.54 Å². The first-order valence-corrected chi connectivity index (χ1v) is 7.63. The van der Waals surface area contributed by atoms with Crippen LogP contribution in [0, 0.1) is 5.82 Å². The van der Waals surface area contributed by atoms with Gasteiger partial charge >= 0.3 is 0 Å². The largest absolute Gasteiger partial charge is 0.363 e. The van der Waals surface area contributed by atoms with Gasteiger partial charge in [0.1, 0.15) is 5.82 Å². The summed E-state index contributed by atoms with van der Waals surface area (Å²) in [6, 6.07) is 9.41. The number of benzene rings is 1. The molecule has 3 rings (SSSR count). The van der Waals surface area contributed by atoms with Crippen LogP contribution >= 0.6 is 11.3 Å². The van der Waals surface area contributed by atoms with Gasteiger partial charge in [0.2, 0.25) is 0 Å². The molecule has 0 atom stereocenters. The lowest BCUT2D eigenvalue weighted by molar-refractivity contribution is 0.101. The molecule has 1 aromatic heterocycles. The third kappa shape index (κ3) is 2.61. The lowest BCUT2D eigenvalue weighted by Crippen LogP contribution is -2.26. The van der Waals surface area contributed by atoms with Crippen molar-refractivity contribution in [1.29, 1.82) is 0 Å². The average molecular weight is 289 g/mol. The Bertz CT molecular complexity index is 619. The smallest absolute Gasteiger partial charge is 0.164 e. The second-order valence-electron chi connectivity index (χ2n) is 5.13. The van der Waals surface area contributed by atoms with E-state index in [1.807, 2.05) is 17.5 Å². The molecule has 0 bridgehead atoms. The van der Waals surface area contributed by atoms with Crippen LogP contribution < -0.4 is 4.90 Å². The van der Waals surface area contributed by atoms with Gasteiger partial charge in [0.05, 0.1) is 17.8 Å². The Morgan fingerprint density at radius 1 is 1.35 bits per heavy atom. The number of nitrogens with zero attached hydrogens (tertiary/aromatic N) is 1. The Morgan fingerprint density at radius 3 is 2.75 bits per heavy atom. The monoisotopic (exact) mass is 289 g/mol. The van der Waals surface area contributed by atoms with E-state index in [9.17, 15) is 9.18 Å². The lowest BCUT2D eigenvalue weighted by atomic mass is 10.1. The van der Waals surface area contributed by atoms with Crippen LogP contribution in [0.5, 0.6) is 0 Å². The van der Waals surface area contributed by atoms with Crippen LogP contribution in [0.4, 0.5) is 10.1 Å². The Labute approximate surface area is 121 Å². The van der Waals surface area contributed by atoms with Gasteiger partial charge in [-0.25, -0.2) is 4.39 Å². The summed E-state index contributed by atoms with van der Waals surface area (Å²) in [5.41, 5.74) is 0.948. The molecule has 0 aliphatic heterocycles. The summed E-state index contributed by atoms with van der Waals surface area (Å²) in [6.07, 6.45) is 2.22. The van der Waals surface area contributed by atoms with Crippen molar-refractivity contribution in [2.75, 3.05) is 4.90 Å². The van der Waals surface area contributed by atoms with Crippen molar-refractivity contribution in [3.05, 3.63) is 52.0 Å². The minimum Gasteiger partial charge on any atom is -0.363 e. The first kappa shape index (κ1) is 13.3. The van der Waals surface area contributed by atoms with Crippen molar-refractivity contribution in [1.82, 2.24) is 0 Å². The molecule has 0 radical (unpaired) electrons. The Hall–Kier alpha value is -1.68. The van der Waals surface area contributed by atoms with Crippen LogP contribution in [-0.4, -0.2) is 11.8 Å². The molecule has 1 heterocycles. The maximum atomic E-state index is 14.0. The van der Waals surface area contributed by atoms with E-state index in [4.69, 9.17) is 0 Å². The minimum atomic E-state index is -0.424. The highest BCUT2D eigenvalue weighted by molar-refractivity contribution is 7.09. The molecule has 1 aliphatic rings. The Balaban J connectivity index is 1.99. The van der Waals surface area contributed by atoms with E-state index in [-0.39, 0.29) is 11.3 Å². The normalized spacial score (nSPS) is 14.3. The van der Waals surface area contributed by atoms with Gasteiger partial charge in [0.15, 0.2) is 5.78 Å². The first-order chi connectivity index (χ1) is 9.66. The van der Waals surface area contributed by atoms with E-state index in [0.29, 0.717) is 6.04 Å². The van der Waals surface area contributed by atoms with Gasteiger partial charge in [0, 0.05) is 10.9 Å². The molecule has 4 heteroatoms. The van der Waals surface area contributed by atoms with Gasteiger partial charge in [-0.2, -0.15) is 0 Å². The number of carbonyl (C=O) groups is 1. The fourth-order valence-electron chi connectivity index (χ4n) is 2.47. The summed E-state index contributed by atoms with van der Waals surface area (Å²) in [7, 11) is 0. The predicted molar refractivity (Wildman–Crippen MR) is 79.9 cm³/mol. The third-order valence-electron chi connectivity index (χ3n) is 3.55. The molecule has 0 spiro atoms. The predicted octanol–water partition coefficient (Wildman–Crippen LogP) is 4.26. The zero-order valence-corrected chi connectivity index (χ0v) is 12.1. The zero-order valence-electron chi connectivity index (χ0n) is 11.3. The summed E-state index contributed by atoms with van der Waals surface area (Å²) < 4.78 is 14.0. The summed E-state index contributed by atoms with van der Waals surface area (Å²) in [5.74, 6) is -0.637. The molecule has 1 aromatic carbocycles. The highest BCUT2D eigenvalue weighted by atomic mass is 32.1. The standard InChI is InChI=1S/C16H16FNOS/c1-11(19)16-14(17)5-2-6-15(16)18(12-7-8-12)10-13-4-3-9-20-13/h2-6,9,12H,7-8,10H2,1H3. The first-order valence-electron chi connectivity index (χ1n) is 6.75. The number of halogens is 1. The SMILES string of the molecule is CC(=O)c1c(F)cccc1N(Cc1cccs1)C1CC1. The molecule has 2 aromatic rings. The molecule has 1 aliphatic carbocycles. The number of rotatable bonds is 5. The number of hydrogen-bond acceptors (Lipinski definition) is 3. The number of ketones is 1. The second-order valence-corrected chi connectivity index (χ2v) is 6.16. The fraction of sp³-hybridized carbons (Fsp3) is 0.312. The number of Topliss-reactive ketones (excluding diaryl/α,β-unsaturated/α-hetero) is 1. The maximum absolute atomic E-state index is 14.0. The van der Waals surface area contributed by atoms with Crippen molar-refractivity contribution in [3.8, 4) is 0 Å². The summed E-state index contributed by atoms with van der Waals surface area (Å²) in [5, 5.41) is 2.04. The molecule has 0 unspecified atom stereocenters. The van der Waals surface area contributed by atoms with Crippen molar-refractivity contribution in [2.45, 2.75) is 32.4 Å². The van der Waals surface area contributed by atoms with Gasteiger partial charge in [-0.1, -0.05) is 12.1 Å². The lowest BCUT2D eigenvalue weighted by Gasteiger charge is -2.26. The fourth-order valence-corrected chi connectivity index (χ4v) is 3.17. The van der Waals surface area contributed by atoms with Gasteiger partial charge in [-0.3, -0.25) is 4.79 Å². The molecule has 1 saturated carbocycles. The van der Waals surface area contributed by atoms with E-state index < -0.39 is 5.82 Å². The molecule has 1 fully saturated rings. The van der Waals surface area contributed by atoms with Gasteiger partial charge in [-0.15, -0.1) is 11.3 Å². The Kier molecular flexibility index (Phi) is 3.57. The van der Waals surface area contributed by atoms with Crippen molar-refractivity contribution >= 4 is 22.8 Å². The van der Waals surface area contributed by atoms with Crippen molar-refractivity contribution in [2.24, 2.45) is 0 Å². The van der Waals surface area contributed by atoms with Crippen LogP contribution in [0.15, 0.2) is 35.7 Å². The maximum Gasteiger partial charge on any atom is 0.164 e. The van der Waals surface area contributed by atoms with Crippen LogP contribution in [0.2, 0.25) is 0 Å². The van der Waals surface area contributed by atoms with Crippen LogP contribution in [0.3, 0.4) is 0 Å². The molecule has 0 saturated heterocycles. The van der Waals surface area contributed by atoms with Gasteiger partial charge < -0.3 is 4.90 Å². The number of carbonyl (C=O) groups excluding carboxylic acids is 1. The van der Waals surface area contributed by atoms with E-state index >= 15 is 0 Å². The molecule has 104 valence electrons. The van der Waals surface area contributed by atoms with E-state index in [1.54, 1.807) is 17.4 Å². The van der Waals surface area contributed by atoms with Gasteiger partial charge in [-0.05, 0) is 43.3 Å². The van der Waals surface area contributed by atoms with E-state index in [1.165, 1.54) is 17.9 Å². The molecule has 0 amide bonds. The summed E-state index contributed by atoms with van der Waals surface area (Å²) in [6.45, 7) is 2.17. The van der Waals surface area contributed by atoms with Crippen LogP contribution in [0.1, 0.15) is 35.0 Å². The molecular weight excluding hydrogens is 273 g/mol. The third-order valence-corrected chi connectivity index (χ3v) is 4.41. The van der Waals surface area contributed by atoms with Crippen LogP contribution in [0.25, 0.3) is 0 Å². The average Bonchev–Trinajstić information content (AvgIpc) is 3.12. The number of anilines is 1. The number of hydrogen-bond donors (Lipinski definition) is 0. The van der Waals surface area contributed by atoms with E-state index in [0.717, 1.165) is 25.1 Å². The topological polar surface area (TPSA) is 20.3 Å². The van der Waals surface area contributed by atoms with Gasteiger partial charge in [0.25, 0.3) is 0 Å².